The number of aromatic carboxylic acids is 1. The molecule has 0 unspecified atom stereocenters. The molecule has 0 aromatic heterocycles. The summed E-state index contributed by atoms with van der Waals surface area (Å²) >= 11 is 0. The second kappa shape index (κ2) is 5.01. The third-order valence-corrected chi connectivity index (χ3v) is 2.74. The quantitative estimate of drug-likeness (QED) is 0.640. The second-order valence-corrected chi connectivity index (χ2v) is 3.90. The smallest absolute Gasteiger partial charge is 0.336 e. The molecular weight excluding hydrogens is 240 g/mol. The number of nitro groups is 1. The van der Waals surface area contributed by atoms with Crippen LogP contribution in [0.2, 0.25) is 0 Å². The molecule has 0 bridgehead atoms. The average molecular weight is 252 g/mol. The summed E-state index contributed by atoms with van der Waals surface area (Å²) in [5, 5.41) is 19.7. The van der Waals surface area contributed by atoms with Gasteiger partial charge in [0.2, 0.25) is 0 Å². The third kappa shape index (κ3) is 2.57. The minimum atomic E-state index is -1.17. The van der Waals surface area contributed by atoms with Gasteiger partial charge in [-0.3, -0.25) is 10.1 Å². The Bertz CT molecular complexity index is 450. The molecule has 1 aromatic carbocycles. The number of nitrogens with zero attached hydrogens (tertiary/aromatic N) is 2. The zero-order valence-electron chi connectivity index (χ0n) is 9.54. The molecule has 1 aromatic rings. The van der Waals surface area contributed by atoms with Crippen molar-refractivity contribution in [2.24, 2.45) is 0 Å². The Hall–Kier alpha value is -2.15. The minimum Gasteiger partial charge on any atom is -0.478 e. The molecule has 7 nitrogen and oxygen atoms in total. The Morgan fingerprint density at radius 2 is 2.00 bits per heavy atom. The summed E-state index contributed by atoms with van der Waals surface area (Å²) in [6.45, 7) is 2.26. The number of anilines is 1. The maximum absolute atomic E-state index is 10.9. The van der Waals surface area contributed by atoms with Crippen LogP contribution in [0.5, 0.6) is 0 Å². The molecule has 1 heterocycles. The number of non-ortho nitro benzene ring substituents is 1. The van der Waals surface area contributed by atoms with Gasteiger partial charge in [0.15, 0.2) is 0 Å². The first-order valence-electron chi connectivity index (χ1n) is 5.43. The Morgan fingerprint density at radius 1 is 1.33 bits per heavy atom. The zero-order chi connectivity index (χ0) is 13.1. The Balaban J connectivity index is 2.38. The molecule has 0 spiro atoms. The van der Waals surface area contributed by atoms with Crippen molar-refractivity contribution in [3.8, 4) is 0 Å². The standard InChI is InChI=1S/C11H12N2O5/c14-11(15)8-5-9(7-10(6-8)13(16)17)12-1-3-18-4-2-12/h5-7H,1-4H2,(H,14,15). The summed E-state index contributed by atoms with van der Waals surface area (Å²) in [6.07, 6.45) is 0. The average Bonchev–Trinajstić information content (AvgIpc) is 2.39. The van der Waals surface area contributed by atoms with Crippen molar-refractivity contribution in [3.63, 3.8) is 0 Å². The number of benzene rings is 1. The fourth-order valence-corrected chi connectivity index (χ4v) is 1.83. The largest absolute Gasteiger partial charge is 0.478 e. The molecule has 1 N–H and O–H groups in total. The van der Waals surface area contributed by atoms with Gasteiger partial charge >= 0.3 is 5.97 Å². The van der Waals surface area contributed by atoms with E-state index < -0.39 is 10.9 Å². The fourth-order valence-electron chi connectivity index (χ4n) is 1.83. The number of morpholine rings is 1. The van der Waals surface area contributed by atoms with Crippen LogP contribution < -0.4 is 4.90 Å². The van der Waals surface area contributed by atoms with Crippen molar-refractivity contribution < 1.29 is 19.6 Å². The van der Waals surface area contributed by atoms with Crippen molar-refractivity contribution in [1.29, 1.82) is 0 Å². The monoisotopic (exact) mass is 252 g/mol. The molecule has 1 saturated heterocycles. The van der Waals surface area contributed by atoms with Crippen LogP contribution in [-0.4, -0.2) is 42.3 Å². The van der Waals surface area contributed by atoms with Gasteiger partial charge in [0.05, 0.1) is 23.7 Å². The van der Waals surface area contributed by atoms with Crippen LogP contribution in [0.4, 0.5) is 11.4 Å². The van der Waals surface area contributed by atoms with Crippen LogP contribution in [0.25, 0.3) is 0 Å². The van der Waals surface area contributed by atoms with Crippen molar-refractivity contribution >= 4 is 17.3 Å². The van der Waals surface area contributed by atoms with E-state index in [1.54, 1.807) is 0 Å². The van der Waals surface area contributed by atoms with Crippen molar-refractivity contribution in [2.45, 2.75) is 0 Å². The molecule has 7 heteroatoms. The van der Waals surface area contributed by atoms with E-state index in [2.05, 4.69) is 0 Å². The molecule has 2 rings (SSSR count). The topological polar surface area (TPSA) is 92.9 Å². The van der Waals surface area contributed by atoms with Gasteiger partial charge in [-0.25, -0.2) is 4.79 Å². The lowest BCUT2D eigenvalue weighted by Gasteiger charge is -2.28. The lowest BCUT2D eigenvalue weighted by Crippen LogP contribution is -2.36. The van der Waals surface area contributed by atoms with Crippen molar-refractivity contribution in [2.75, 3.05) is 31.2 Å². The van der Waals surface area contributed by atoms with Gasteiger partial charge in [-0.2, -0.15) is 0 Å². The summed E-state index contributed by atoms with van der Waals surface area (Å²) in [6, 6.07) is 3.89. The molecule has 96 valence electrons. The highest BCUT2D eigenvalue weighted by Crippen LogP contribution is 2.24. The number of hydrogen-bond acceptors (Lipinski definition) is 5. The van der Waals surface area contributed by atoms with Crippen molar-refractivity contribution in [1.82, 2.24) is 0 Å². The maximum atomic E-state index is 10.9. The van der Waals surface area contributed by atoms with Gasteiger partial charge in [-0.1, -0.05) is 0 Å². The van der Waals surface area contributed by atoms with E-state index in [0.29, 0.717) is 32.0 Å². The maximum Gasteiger partial charge on any atom is 0.336 e. The first kappa shape index (κ1) is 12.3. The highest BCUT2D eigenvalue weighted by molar-refractivity contribution is 5.90. The van der Waals surface area contributed by atoms with Crippen LogP contribution >= 0.6 is 0 Å². The molecular formula is C11H12N2O5. The Morgan fingerprint density at radius 3 is 2.56 bits per heavy atom. The highest BCUT2D eigenvalue weighted by Gasteiger charge is 2.18. The molecule has 0 saturated carbocycles. The molecule has 0 atom stereocenters. The van der Waals surface area contributed by atoms with Gasteiger partial charge < -0.3 is 14.7 Å². The summed E-state index contributed by atoms with van der Waals surface area (Å²) in [4.78, 5) is 23.0. The van der Waals surface area contributed by atoms with Crippen LogP contribution in [0.1, 0.15) is 10.4 Å². The molecule has 1 aliphatic rings. The SMILES string of the molecule is O=C(O)c1cc(N2CCOCC2)cc([N+](=O)[O-])c1. The van der Waals surface area contributed by atoms with Gasteiger partial charge in [0.25, 0.3) is 5.69 Å². The number of nitro benzene ring substituents is 1. The predicted molar refractivity (Wildman–Crippen MR) is 63.1 cm³/mol. The number of hydrogen-bond donors (Lipinski definition) is 1. The second-order valence-electron chi connectivity index (χ2n) is 3.90. The van der Waals surface area contributed by atoms with Crippen LogP contribution in [0, 0.1) is 10.1 Å². The zero-order valence-corrected chi connectivity index (χ0v) is 9.54. The lowest BCUT2D eigenvalue weighted by atomic mass is 10.1. The summed E-state index contributed by atoms with van der Waals surface area (Å²) in [5.74, 6) is -1.17. The van der Waals surface area contributed by atoms with E-state index in [4.69, 9.17) is 9.84 Å². The Labute approximate surface area is 103 Å². The predicted octanol–water partition coefficient (Wildman–Crippen LogP) is 1.13. The summed E-state index contributed by atoms with van der Waals surface area (Å²) < 4.78 is 5.18. The molecule has 0 aliphatic carbocycles. The number of carboxylic acids is 1. The van der Waals surface area contributed by atoms with E-state index in [1.165, 1.54) is 12.1 Å². The number of ether oxygens (including phenoxy) is 1. The van der Waals surface area contributed by atoms with E-state index in [0.717, 1.165) is 6.07 Å². The van der Waals surface area contributed by atoms with E-state index in [1.807, 2.05) is 4.90 Å². The summed E-state index contributed by atoms with van der Waals surface area (Å²) in [5.41, 5.74) is 0.256. The number of rotatable bonds is 3. The minimum absolute atomic E-state index is 0.0781. The van der Waals surface area contributed by atoms with Crippen LogP contribution in [-0.2, 0) is 4.74 Å². The third-order valence-electron chi connectivity index (χ3n) is 2.74. The fraction of sp³-hybridized carbons (Fsp3) is 0.364. The molecule has 1 aliphatic heterocycles. The normalized spacial score (nSPS) is 15.4. The lowest BCUT2D eigenvalue weighted by molar-refractivity contribution is -0.384. The van der Waals surface area contributed by atoms with Crippen molar-refractivity contribution in [3.05, 3.63) is 33.9 Å². The van der Waals surface area contributed by atoms with Gasteiger partial charge in [0, 0.05) is 30.9 Å². The Kier molecular flexibility index (Phi) is 3.42. The number of carboxylic acid groups (broad SMARTS) is 1. The van der Waals surface area contributed by atoms with Gasteiger partial charge in [-0.05, 0) is 6.07 Å². The van der Waals surface area contributed by atoms with E-state index >= 15 is 0 Å². The highest BCUT2D eigenvalue weighted by atomic mass is 16.6. The number of carbonyl (C=O) groups is 1. The molecule has 0 radical (unpaired) electrons. The van der Waals surface area contributed by atoms with Crippen LogP contribution in [0.3, 0.4) is 0 Å². The first-order chi connectivity index (χ1) is 8.58. The first-order valence-corrected chi connectivity index (χ1v) is 5.43. The molecule has 18 heavy (non-hydrogen) atoms. The van der Waals surface area contributed by atoms with Gasteiger partial charge in [-0.15, -0.1) is 0 Å². The molecule has 0 amide bonds. The van der Waals surface area contributed by atoms with E-state index in [9.17, 15) is 14.9 Å². The molecule has 1 fully saturated rings. The van der Waals surface area contributed by atoms with Crippen LogP contribution in [0.15, 0.2) is 18.2 Å². The van der Waals surface area contributed by atoms with Gasteiger partial charge in [0.1, 0.15) is 0 Å². The summed E-state index contributed by atoms with van der Waals surface area (Å²) in [7, 11) is 0. The van der Waals surface area contributed by atoms with E-state index in [-0.39, 0.29) is 11.3 Å².